The number of hydrogen-bond acceptors (Lipinski definition) is 4. The van der Waals surface area contributed by atoms with Gasteiger partial charge in [-0.2, -0.15) is 4.31 Å². The Kier molecular flexibility index (Phi) is 4.53. The first-order valence-electron chi connectivity index (χ1n) is 7.73. The number of anilines is 1. The summed E-state index contributed by atoms with van der Waals surface area (Å²) >= 11 is 6.22. The summed E-state index contributed by atoms with van der Waals surface area (Å²) in [5.41, 5.74) is 0.495. The van der Waals surface area contributed by atoms with E-state index in [1.807, 2.05) is 4.90 Å². The van der Waals surface area contributed by atoms with E-state index in [1.54, 1.807) is 0 Å². The highest BCUT2D eigenvalue weighted by molar-refractivity contribution is 7.89. The van der Waals surface area contributed by atoms with Crippen molar-refractivity contribution in [1.82, 2.24) is 4.31 Å². The zero-order valence-corrected chi connectivity index (χ0v) is 14.2. The Morgan fingerprint density at radius 1 is 1.04 bits per heavy atom. The molecule has 2 aliphatic heterocycles. The van der Waals surface area contributed by atoms with Gasteiger partial charge < -0.3 is 10.0 Å². The summed E-state index contributed by atoms with van der Waals surface area (Å²) in [5, 5.41) is 9.58. The van der Waals surface area contributed by atoms with Gasteiger partial charge in [-0.15, -0.1) is 0 Å². The number of nitrogens with zero attached hydrogens (tertiary/aromatic N) is 2. The number of benzene rings is 1. The van der Waals surface area contributed by atoms with Crippen LogP contribution in [0.3, 0.4) is 0 Å². The second kappa shape index (κ2) is 6.30. The number of hydrogen-bond donors (Lipinski definition) is 1. The van der Waals surface area contributed by atoms with E-state index in [-0.39, 0.29) is 15.5 Å². The zero-order chi connectivity index (χ0) is 16.6. The molecule has 1 aromatic rings. The Morgan fingerprint density at radius 3 is 2.17 bits per heavy atom. The van der Waals surface area contributed by atoms with Crippen LogP contribution in [0.25, 0.3) is 0 Å². The lowest BCUT2D eigenvalue weighted by Gasteiger charge is -2.22. The summed E-state index contributed by atoms with van der Waals surface area (Å²) in [4.78, 5) is 13.4. The number of rotatable bonds is 4. The molecule has 6 nitrogen and oxygen atoms in total. The lowest BCUT2D eigenvalue weighted by atomic mass is 10.1. The molecule has 23 heavy (non-hydrogen) atoms. The summed E-state index contributed by atoms with van der Waals surface area (Å²) in [6.07, 6.45) is 3.61. The topological polar surface area (TPSA) is 77.9 Å². The standard InChI is InChI=1S/C15H19ClN2O4S/c16-12-10-13(17-5-1-2-6-17)11(15(19)20)9-14(12)23(21,22)18-7-3-4-8-18/h9-10H,1-8H2,(H,19,20). The molecule has 0 amide bonds. The normalized spacial score (nSPS) is 19.4. The van der Waals surface area contributed by atoms with Gasteiger partial charge in [0.05, 0.1) is 16.3 Å². The first-order valence-corrected chi connectivity index (χ1v) is 9.55. The van der Waals surface area contributed by atoms with Crippen LogP contribution in [0.15, 0.2) is 17.0 Å². The Balaban J connectivity index is 2.08. The van der Waals surface area contributed by atoms with Crippen molar-refractivity contribution in [1.29, 1.82) is 0 Å². The van der Waals surface area contributed by atoms with Gasteiger partial charge in [-0.1, -0.05) is 11.6 Å². The third-order valence-electron chi connectivity index (χ3n) is 4.41. The molecular weight excluding hydrogens is 340 g/mol. The highest BCUT2D eigenvalue weighted by Gasteiger charge is 2.31. The minimum absolute atomic E-state index is 0.00549. The third kappa shape index (κ3) is 3.05. The molecule has 0 radical (unpaired) electrons. The Morgan fingerprint density at radius 2 is 1.61 bits per heavy atom. The van der Waals surface area contributed by atoms with Gasteiger partial charge in [-0.05, 0) is 37.8 Å². The molecule has 3 rings (SSSR count). The van der Waals surface area contributed by atoms with Crippen LogP contribution in [0.4, 0.5) is 5.69 Å². The van der Waals surface area contributed by atoms with E-state index in [1.165, 1.54) is 16.4 Å². The van der Waals surface area contributed by atoms with Gasteiger partial charge in [0.25, 0.3) is 0 Å². The fourth-order valence-electron chi connectivity index (χ4n) is 3.20. The maximum absolute atomic E-state index is 12.7. The molecule has 0 bridgehead atoms. The van der Waals surface area contributed by atoms with Gasteiger partial charge in [0, 0.05) is 26.2 Å². The van der Waals surface area contributed by atoms with E-state index in [0.29, 0.717) is 18.8 Å². The van der Waals surface area contributed by atoms with Gasteiger partial charge in [-0.3, -0.25) is 0 Å². The second-order valence-electron chi connectivity index (χ2n) is 5.91. The lowest BCUT2D eigenvalue weighted by Crippen LogP contribution is -2.29. The van der Waals surface area contributed by atoms with E-state index >= 15 is 0 Å². The molecule has 2 fully saturated rings. The quantitative estimate of drug-likeness (QED) is 0.894. The molecule has 0 aliphatic carbocycles. The van der Waals surface area contributed by atoms with Crippen molar-refractivity contribution in [2.75, 3.05) is 31.1 Å². The van der Waals surface area contributed by atoms with Crippen LogP contribution in [0, 0.1) is 0 Å². The van der Waals surface area contributed by atoms with Crippen LogP contribution in [0.2, 0.25) is 5.02 Å². The SMILES string of the molecule is O=C(O)c1cc(S(=O)(=O)N2CCCC2)c(Cl)cc1N1CCCC1. The predicted octanol–water partition coefficient (Wildman–Crippen LogP) is 2.42. The van der Waals surface area contributed by atoms with Crippen LogP contribution in [-0.2, 0) is 10.0 Å². The predicted molar refractivity (Wildman–Crippen MR) is 87.9 cm³/mol. The van der Waals surface area contributed by atoms with Crippen LogP contribution in [0.1, 0.15) is 36.0 Å². The Labute approximate surface area is 140 Å². The Hall–Kier alpha value is -1.31. The van der Waals surface area contributed by atoms with Crippen LogP contribution < -0.4 is 4.90 Å². The smallest absolute Gasteiger partial charge is 0.337 e. The molecule has 2 heterocycles. The Bertz CT molecular complexity index is 723. The van der Waals surface area contributed by atoms with Crippen molar-refractivity contribution < 1.29 is 18.3 Å². The molecule has 1 N–H and O–H groups in total. The van der Waals surface area contributed by atoms with E-state index in [4.69, 9.17) is 11.6 Å². The van der Waals surface area contributed by atoms with E-state index in [9.17, 15) is 18.3 Å². The molecule has 0 aromatic heterocycles. The molecule has 0 spiro atoms. The number of halogens is 1. The summed E-state index contributed by atoms with van der Waals surface area (Å²) in [5.74, 6) is -1.14. The maximum Gasteiger partial charge on any atom is 0.337 e. The monoisotopic (exact) mass is 358 g/mol. The van der Waals surface area contributed by atoms with Crippen LogP contribution in [-0.4, -0.2) is 50.0 Å². The summed E-state index contributed by atoms with van der Waals surface area (Å²) in [7, 11) is -3.75. The number of carboxylic acid groups (broad SMARTS) is 1. The largest absolute Gasteiger partial charge is 0.478 e. The first kappa shape index (κ1) is 16.5. The fraction of sp³-hybridized carbons (Fsp3) is 0.533. The summed E-state index contributed by atoms with van der Waals surface area (Å²) in [6, 6.07) is 2.70. The molecule has 0 unspecified atom stereocenters. The van der Waals surface area contributed by atoms with Crippen LogP contribution >= 0.6 is 11.6 Å². The van der Waals surface area contributed by atoms with Crippen molar-refractivity contribution in [3.05, 3.63) is 22.7 Å². The highest BCUT2D eigenvalue weighted by atomic mass is 35.5. The summed E-state index contributed by atoms with van der Waals surface area (Å²) < 4.78 is 26.8. The summed E-state index contributed by atoms with van der Waals surface area (Å²) in [6.45, 7) is 2.42. The van der Waals surface area contributed by atoms with Crippen molar-refractivity contribution in [2.45, 2.75) is 30.6 Å². The minimum Gasteiger partial charge on any atom is -0.478 e. The molecule has 2 saturated heterocycles. The highest BCUT2D eigenvalue weighted by Crippen LogP contribution is 2.35. The second-order valence-corrected chi connectivity index (χ2v) is 8.22. The third-order valence-corrected chi connectivity index (χ3v) is 6.77. The number of aromatic carboxylic acids is 1. The van der Waals surface area contributed by atoms with Crippen molar-refractivity contribution in [3.8, 4) is 0 Å². The van der Waals surface area contributed by atoms with Crippen LogP contribution in [0.5, 0.6) is 0 Å². The molecule has 1 aromatic carbocycles. The van der Waals surface area contributed by atoms with E-state index in [0.717, 1.165) is 38.8 Å². The first-order chi connectivity index (χ1) is 10.9. The average Bonchev–Trinajstić information content (AvgIpc) is 3.20. The van der Waals surface area contributed by atoms with Crippen molar-refractivity contribution in [3.63, 3.8) is 0 Å². The molecule has 2 aliphatic rings. The number of sulfonamides is 1. The van der Waals surface area contributed by atoms with Crippen molar-refractivity contribution >= 4 is 33.3 Å². The zero-order valence-electron chi connectivity index (χ0n) is 12.7. The van der Waals surface area contributed by atoms with Gasteiger partial charge >= 0.3 is 5.97 Å². The molecular formula is C15H19ClN2O4S. The van der Waals surface area contributed by atoms with Gasteiger partial charge in [-0.25, -0.2) is 13.2 Å². The molecule has 0 saturated carbocycles. The average molecular weight is 359 g/mol. The minimum atomic E-state index is -3.75. The number of carboxylic acids is 1. The lowest BCUT2D eigenvalue weighted by molar-refractivity contribution is 0.0697. The molecule has 0 atom stereocenters. The van der Waals surface area contributed by atoms with Gasteiger partial charge in [0.15, 0.2) is 0 Å². The molecule has 8 heteroatoms. The van der Waals surface area contributed by atoms with Crippen molar-refractivity contribution in [2.24, 2.45) is 0 Å². The number of carbonyl (C=O) groups is 1. The molecule has 126 valence electrons. The van der Waals surface area contributed by atoms with E-state index < -0.39 is 16.0 Å². The maximum atomic E-state index is 12.7. The van der Waals surface area contributed by atoms with Gasteiger partial charge in [0.1, 0.15) is 4.90 Å². The van der Waals surface area contributed by atoms with Gasteiger partial charge in [0.2, 0.25) is 10.0 Å². The van der Waals surface area contributed by atoms with E-state index in [2.05, 4.69) is 0 Å². The fourth-order valence-corrected chi connectivity index (χ4v) is 5.24.